The zero-order valence-corrected chi connectivity index (χ0v) is 31.7. The van der Waals surface area contributed by atoms with Crippen molar-refractivity contribution in [2.45, 2.75) is 0 Å². The van der Waals surface area contributed by atoms with Gasteiger partial charge in [0.25, 0.3) is 0 Å². The summed E-state index contributed by atoms with van der Waals surface area (Å²) in [4.78, 5) is 32.4. The summed E-state index contributed by atoms with van der Waals surface area (Å²) >= 11 is 0. The molecule has 0 amide bonds. The molecule has 0 saturated carbocycles. The molecule has 8 aromatic rings. The van der Waals surface area contributed by atoms with E-state index in [9.17, 15) is 0 Å². The molecule has 0 bridgehead atoms. The van der Waals surface area contributed by atoms with Gasteiger partial charge in [-0.3, -0.25) is 39.9 Å². The van der Waals surface area contributed by atoms with Crippen molar-refractivity contribution in [1.29, 1.82) is 0 Å². The van der Waals surface area contributed by atoms with Crippen LogP contribution >= 0.6 is 0 Å². The van der Waals surface area contributed by atoms with Crippen LogP contribution in [0.3, 0.4) is 0 Å². The van der Waals surface area contributed by atoms with Crippen LogP contribution in [0.25, 0.3) is 34.2 Å². The van der Waals surface area contributed by atoms with E-state index in [1.165, 1.54) is 0 Å². The second-order valence-corrected chi connectivity index (χ2v) is 11.4. The van der Waals surface area contributed by atoms with E-state index in [1.807, 2.05) is 0 Å². The molecule has 57 heavy (non-hydrogen) atoms. The number of rotatable bonds is 3. The Bertz CT molecular complexity index is 2010. The third-order valence-electron chi connectivity index (χ3n) is 6.90. The molecule has 0 unspecified atom stereocenters. The van der Waals surface area contributed by atoms with Crippen LogP contribution in [0, 0.1) is 0 Å². The molecular weight excluding hydrogens is 760 g/mol. The van der Waals surface area contributed by atoms with Crippen LogP contribution in [0.4, 0.5) is 45.5 Å². The van der Waals surface area contributed by atoms with E-state index in [-0.39, 0.29) is 17.1 Å². The molecular formula is C40H42FeN16. The predicted octanol–water partition coefficient (Wildman–Crippen LogP) is 5.25. The maximum atomic E-state index is 5.63. The summed E-state index contributed by atoms with van der Waals surface area (Å²) in [7, 11) is 0. The normalized spacial score (nSPS) is 9.47. The predicted molar refractivity (Wildman–Crippen MR) is 226 cm³/mol. The summed E-state index contributed by atoms with van der Waals surface area (Å²) in [5.74, 6) is 0. The van der Waals surface area contributed by atoms with Gasteiger partial charge in [0.1, 0.15) is 0 Å². The topological polar surface area (TPSA) is 311 Å². The molecule has 0 radical (unpaired) electrons. The van der Waals surface area contributed by atoms with Gasteiger partial charge in [-0.2, -0.15) is 0 Å². The number of nitrogens with zero attached hydrogens (tertiary/aromatic N) is 8. The number of aromatic nitrogens is 8. The van der Waals surface area contributed by atoms with E-state index >= 15 is 0 Å². The SMILES string of the molecule is Nc1ccnc(-c2cc(N)ccn2)c1.Nc1ccnc(-c2cc(N)ccn2)c1.Nc1ccnc(-c2cc(N)ccn2)c1.Nc1ccncc1.Nc1ccncc1.[Fe]. The number of anilines is 8. The Labute approximate surface area is 340 Å². The van der Waals surface area contributed by atoms with Crippen molar-refractivity contribution in [2.75, 3.05) is 45.9 Å². The summed E-state index contributed by atoms with van der Waals surface area (Å²) in [6, 6.07) is 28.0. The van der Waals surface area contributed by atoms with Crippen LogP contribution in [0.1, 0.15) is 0 Å². The molecule has 0 saturated heterocycles. The van der Waals surface area contributed by atoms with Crippen molar-refractivity contribution in [3.8, 4) is 34.2 Å². The van der Waals surface area contributed by atoms with Gasteiger partial charge >= 0.3 is 0 Å². The molecule has 8 rings (SSSR count). The third-order valence-corrected chi connectivity index (χ3v) is 6.90. The summed E-state index contributed by atoms with van der Waals surface area (Å²) in [6.07, 6.45) is 16.5. The zero-order valence-electron chi connectivity index (χ0n) is 30.6. The number of nitrogens with two attached hydrogens (primary N) is 8. The molecule has 0 aliphatic heterocycles. The van der Waals surface area contributed by atoms with Gasteiger partial charge < -0.3 is 45.9 Å². The van der Waals surface area contributed by atoms with Crippen LogP contribution < -0.4 is 45.9 Å². The standard InChI is InChI=1S/3C10H10N4.2C5H6N2.Fe/c3*11-7-1-3-13-9(5-7)10-6-8(12)2-4-14-10;2*6-5-1-3-7-4-2-5;/h3*1-6H,(H2,11,13)(H2,12,14);2*1-4H,(H2,6,7);. The first kappa shape index (κ1) is 43.5. The summed E-state index contributed by atoms with van der Waals surface area (Å²) in [5.41, 5.74) is 54.4. The Balaban J connectivity index is 0.000000196. The van der Waals surface area contributed by atoms with E-state index < -0.39 is 0 Å². The molecule has 16 nitrogen and oxygen atoms in total. The van der Waals surface area contributed by atoms with Gasteiger partial charge in [-0.05, 0) is 97.1 Å². The number of hydrogen-bond acceptors (Lipinski definition) is 16. The molecule has 17 heteroatoms. The second kappa shape index (κ2) is 23.0. The van der Waals surface area contributed by atoms with Crippen LogP contribution in [-0.4, -0.2) is 39.9 Å². The number of hydrogen-bond donors (Lipinski definition) is 8. The summed E-state index contributed by atoms with van der Waals surface area (Å²) in [5, 5.41) is 0. The van der Waals surface area contributed by atoms with Crippen molar-refractivity contribution < 1.29 is 17.1 Å². The largest absolute Gasteiger partial charge is 0.399 e. The third kappa shape index (κ3) is 15.9. The van der Waals surface area contributed by atoms with E-state index in [0.29, 0.717) is 34.1 Å². The van der Waals surface area contributed by atoms with Crippen molar-refractivity contribution in [3.63, 3.8) is 0 Å². The van der Waals surface area contributed by atoms with Crippen molar-refractivity contribution >= 4 is 45.5 Å². The Kier molecular flexibility index (Phi) is 17.6. The van der Waals surface area contributed by atoms with E-state index in [2.05, 4.69) is 39.9 Å². The van der Waals surface area contributed by atoms with Crippen LogP contribution in [-0.2, 0) is 17.1 Å². The maximum Gasteiger partial charge on any atom is 0.0907 e. The molecule has 16 N–H and O–H groups in total. The molecule has 0 fully saturated rings. The minimum Gasteiger partial charge on any atom is -0.399 e. The van der Waals surface area contributed by atoms with Gasteiger partial charge in [-0.25, -0.2) is 0 Å². The molecule has 0 atom stereocenters. The van der Waals surface area contributed by atoms with Gasteiger partial charge in [0.2, 0.25) is 0 Å². The fourth-order valence-electron chi connectivity index (χ4n) is 4.25. The Morgan fingerprint density at radius 2 is 0.386 bits per heavy atom. The fourth-order valence-corrected chi connectivity index (χ4v) is 4.25. The van der Waals surface area contributed by atoms with Gasteiger partial charge in [0, 0.05) is 125 Å². The molecule has 0 aliphatic carbocycles. The molecule has 8 heterocycles. The minimum absolute atomic E-state index is 0. The van der Waals surface area contributed by atoms with Gasteiger partial charge in [0.15, 0.2) is 0 Å². The average Bonchev–Trinajstić information content (AvgIpc) is 3.20. The van der Waals surface area contributed by atoms with E-state index in [0.717, 1.165) is 45.5 Å². The van der Waals surface area contributed by atoms with E-state index in [1.54, 1.807) is 159 Å². The van der Waals surface area contributed by atoms with Crippen LogP contribution in [0.15, 0.2) is 159 Å². The van der Waals surface area contributed by atoms with Gasteiger partial charge in [0.05, 0.1) is 34.2 Å². The van der Waals surface area contributed by atoms with Crippen LogP contribution in [0.5, 0.6) is 0 Å². The van der Waals surface area contributed by atoms with Crippen molar-refractivity contribution in [3.05, 3.63) is 159 Å². The first-order valence-electron chi connectivity index (χ1n) is 16.7. The quantitative estimate of drug-likeness (QED) is 0.106. The number of nitrogen functional groups attached to an aromatic ring is 8. The molecule has 0 spiro atoms. The second-order valence-electron chi connectivity index (χ2n) is 11.4. The molecule has 8 aromatic heterocycles. The maximum absolute atomic E-state index is 5.63. The smallest absolute Gasteiger partial charge is 0.0907 e. The van der Waals surface area contributed by atoms with Crippen LogP contribution in [0.2, 0.25) is 0 Å². The minimum atomic E-state index is 0. The molecule has 0 aliphatic rings. The van der Waals surface area contributed by atoms with E-state index in [4.69, 9.17) is 45.9 Å². The first-order chi connectivity index (χ1) is 27.0. The Morgan fingerprint density at radius 3 is 0.509 bits per heavy atom. The summed E-state index contributed by atoms with van der Waals surface area (Å²) < 4.78 is 0. The number of pyridine rings is 8. The Hall–Kier alpha value is -7.88. The monoisotopic (exact) mass is 802 g/mol. The average molecular weight is 803 g/mol. The van der Waals surface area contributed by atoms with Gasteiger partial charge in [-0.15, -0.1) is 0 Å². The molecule has 0 aromatic carbocycles. The zero-order chi connectivity index (χ0) is 40.1. The fraction of sp³-hybridized carbons (Fsp3) is 0. The Morgan fingerprint density at radius 1 is 0.228 bits per heavy atom. The van der Waals surface area contributed by atoms with Gasteiger partial charge in [-0.1, -0.05) is 0 Å². The summed E-state index contributed by atoms with van der Waals surface area (Å²) in [6.45, 7) is 0. The molecule has 290 valence electrons. The van der Waals surface area contributed by atoms with Crippen molar-refractivity contribution in [1.82, 2.24) is 39.9 Å². The van der Waals surface area contributed by atoms with Crippen molar-refractivity contribution in [2.24, 2.45) is 0 Å². The first-order valence-corrected chi connectivity index (χ1v) is 16.7.